The zero-order valence-electron chi connectivity index (χ0n) is 16.8. The van der Waals surface area contributed by atoms with E-state index in [1.807, 2.05) is 0 Å². The van der Waals surface area contributed by atoms with E-state index in [1.165, 1.54) is 22.2 Å². The number of nitrogens with one attached hydrogen (secondary N) is 3. The van der Waals surface area contributed by atoms with Gasteiger partial charge in [-0.15, -0.1) is 11.3 Å². The van der Waals surface area contributed by atoms with Gasteiger partial charge in [-0.05, 0) is 48.9 Å². The van der Waals surface area contributed by atoms with Gasteiger partial charge in [0.2, 0.25) is 0 Å². The Labute approximate surface area is 180 Å². The number of benzene rings is 1. The highest BCUT2D eigenvalue weighted by Crippen LogP contribution is 2.27. The lowest BCUT2D eigenvalue weighted by molar-refractivity contribution is 0.103. The van der Waals surface area contributed by atoms with Crippen LogP contribution in [0.2, 0.25) is 0 Å². The van der Waals surface area contributed by atoms with Crippen LogP contribution in [0.25, 0.3) is 10.2 Å². The van der Waals surface area contributed by atoms with Crippen LogP contribution in [0.4, 0.5) is 16.2 Å². The fourth-order valence-electron chi connectivity index (χ4n) is 3.01. The van der Waals surface area contributed by atoms with Gasteiger partial charge in [-0.3, -0.25) is 9.59 Å². The molecule has 3 N–H and O–H groups in total. The number of furan rings is 1. The number of fused-ring (bicyclic) bond motifs is 1. The van der Waals surface area contributed by atoms with E-state index in [0.717, 1.165) is 0 Å². The Hall–Kier alpha value is -3.92. The van der Waals surface area contributed by atoms with Crippen molar-refractivity contribution < 1.29 is 14.0 Å². The van der Waals surface area contributed by atoms with Gasteiger partial charge in [0.05, 0.1) is 29.4 Å². The number of carbonyl (C=O) groups is 2. The van der Waals surface area contributed by atoms with Crippen molar-refractivity contribution in [1.29, 1.82) is 0 Å². The summed E-state index contributed by atoms with van der Waals surface area (Å²) in [7, 11) is 1.62. The van der Waals surface area contributed by atoms with Crippen molar-refractivity contribution in [2.24, 2.45) is 7.05 Å². The smallest absolute Gasteiger partial charge is 0.319 e. The van der Waals surface area contributed by atoms with Crippen molar-refractivity contribution in [3.05, 3.63) is 75.5 Å². The molecule has 158 valence electrons. The standard InChI is InChI=1S/C21H19N5O4S/c1-12-16-19(23-11-26(2)20(16)28)31-17(12)18(27)24-13-5-7-14(8-6-13)25-21(29)22-10-15-4-3-9-30-15/h3-9,11H,10H2,1-2H3,(H,24,27)(H2,22,25,29). The highest BCUT2D eigenvalue weighted by molar-refractivity contribution is 7.20. The molecular formula is C21H19N5O4S. The van der Waals surface area contributed by atoms with Crippen molar-refractivity contribution in [2.75, 3.05) is 10.6 Å². The lowest BCUT2D eigenvalue weighted by Crippen LogP contribution is -2.27. The van der Waals surface area contributed by atoms with Gasteiger partial charge >= 0.3 is 6.03 Å². The summed E-state index contributed by atoms with van der Waals surface area (Å²) in [5.74, 6) is 0.331. The Balaban J connectivity index is 1.41. The molecule has 0 bridgehead atoms. The van der Waals surface area contributed by atoms with Crippen LogP contribution < -0.4 is 21.5 Å². The first-order valence-electron chi connectivity index (χ1n) is 9.36. The van der Waals surface area contributed by atoms with E-state index < -0.39 is 0 Å². The molecule has 0 radical (unpaired) electrons. The first kappa shape index (κ1) is 20.4. The second-order valence-corrected chi connectivity index (χ2v) is 7.81. The number of carbonyl (C=O) groups excluding carboxylic acids is 2. The second-order valence-electron chi connectivity index (χ2n) is 6.82. The molecule has 0 atom stereocenters. The number of amides is 3. The number of aryl methyl sites for hydroxylation is 2. The van der Waals surface area contributed by atoms with Crippen LogP contribution in [0.15, 0.2) is 58.2 Å². The minimum Gasteiger partial charge on any atom is -0.467 e. The molecule has 0 aliphatic heterocycles. The van der Waals surface area contributed by atoms with Crippen LogP contribution in [-0.4, -0.2) is 21.5 Å². The largest absolute Gasteiger partial charge is 0.467 e. The molecule has 3 heterocycles. The summed E-state index contributed by atoms with van der Waals surface area (Å²) in [6, 6.07) is 9.86. The molecule has 1 aromatic carbocycles. The summed E-state index contributed by atoms with van der Waals surface area (Å²) in [5.41, 5.74) is 1.56. The summed E-state index contributed by atoms with van der Waals surface area (Å²) < 4.78 is 6.55. The van der Waals surface area contributed by atoms with E-state index in [-0.39, 0.29) is 24.0 Å². The molecule has 0 fully saturated rings. The highest BCUT2D eigenvalue weighted by atomic mass is 32.1. The molecule has 9 nitrogen and oxygen atoms in total. The third kappa shape index (κ3) is 4.33. The predicted molar refractivity (Wildman–Crippen MR) is 119 cm³/mol. The maximum atomic E-state index is 12.7. The van der Waals surface area contributed by atoms with E-state index in [2.05, 4.69) is 20.9 Å². The number of rotatable bonds is 5. The van der Waals surface area contributed by atoms with E-state index in [9.17, 15) is 14.4 Å². The van der Waals surface area contributed by atoms with Crippen molar-refractivity contribution in [1.82, 2.24) is 14.9 Å². The van der Waals surface area contributed by atoms with E-state index in [4.69, 9.17) is 4.42 Å². The fourth-order valence-corrected chi connectivity index (χ4v) is 4.04. The number of hydrogen-bond donors (Lipinski definition) is 3. The molecule has 0 saturated heterocycles. The summed E-state index contributed by atoms with van der Waals surface area (Å²) in [6.07, 6.45) is 2.98. The molecule has 3 amide bonds. The van der Waals surface area contributed by atoms with Gasteiger partial charge in [0.25, 0.3) is 11.5 Å². The topological polar surface area (TPSA) is 118 Å². The molecule has 4 aromatic rings. The first-order valence-corrected chi connectivity index (χ1v) is 10.2. The molecule has 0 aliphatic rings. The second kappa shape index (κ2) is 8.44. The van der Waals surface area contributed by atoms with Gasteiger partial charge in [0, 0.05) is 18.4 Å². The maximum absolute atomic E-state index is 12.7. The first-order chi connectivity index (χ1) is 14.9. The van der Waals surface area contributed by atoms with Crippen molar-refractivity contribution in [3.8, 4) is 0 Å². The zero-order valence-corrected chi connectivity index (χ0v) is 17.6. The van der Waals surface area contributed by atoms with Gasteiger partial charge in [-0.1, -0.05) is 0 Å². The number of aromatic nitrogens is 2. The average molecular weight is 437 g/mol. The van der Waals surface area contributed by atoms with Crippen molar-refractivity contribution in [3.63, 3.8) is 0 Å². The van der Waals surface area contributed by atoms with E-state index in [1.54, 1.807) is 56.6 Å². The molecule has 0 saturated carbocycles. The van der Waals surface area contributed by atoms with Crippen LogP contribution in [0.5, 0.6) is 0 Å². The Morgan fingerprint density at radius 1 is 1.13 bits per heavy atom. The molecule has 0 aliphatic carbocycles. The van der Waals surface area contributed by atoms with Gasteiger partial charge in [0.15, 0.2) is 0 Å². The Morgan fingerprint density at radius 3 is 2.52 bits per heavy atom. The lowest BCUT2D eigenvalue weighted by atomic mass is 10.2. The number of hydrogen-bond acceptors (Lipinski definition) is 6. The number of thiophene rings is 1. The van der Waals surface area contributed by atoms with Gasteiger partial charge < -0.3 is 24.9 Å². The van der Waals surface area contributed by atoms with Crippen molar-refractivity contribution in [2.45, 2.75) is 13.5 Å². The quantitative estimate of drug-likeness (QED) is 0.442. The number of urea groups is 1. The minimum atomic E-state index is -0.372. The molecular weight excluding hydrogens is 418 g/mol. The predicted octanol–water partition coefficient (Wildman–Crippen LogP) is 3.47. The van der Waals surface area contributed by atoms with Crippen LogP contribution in [0, 0.1) is 6.92 Å². The zero-order chi connectivity index (χ0) is 22.0. The van der Waals surface area contributed by atoms with Crippen LogP contribution in [0.3, 0.4) is 0 Å². The number of anilines is 2. The summed E-state index contributed by atoms with van der Waals surface area (Å²) in [6.45, 7) is 2.02. The fraction of sp³-hybridized carbons (Fsp3) is 0.143. The molecule has 4 rings (SSSR count). The van der Waals surface area contributed by atoms with Crippen LogP contribution in [-0.2, 0) is 13.6 Å². The molecule has 31 heavy (non-hydrogen) atoms. The molecule has 0 spiro atoms. The molecule has 0 unspecified atom stereocenters. The van der Waals surface area contributed by atoms with E-state index in [0.29, 0.717) is 37.8 Å². The minimum absolute atomic E-state index is 0.182. The summed E-state index contributed by atoms with van der Waals surface area (Å²) in [4.78, 5) is 42.2. The van der Waals surface area contributed by atoms with Crippen molar-refractivity contribution >= 4 is 44.9 Å². The average Bonchev–Trinajstić information content (AvgIpc) is 3.39. The molecule has 3 aromatic heterocycles. The number of nitrogens with zero attached hydrogens (tertiary/aromatic N) is 2. The third-order valence-electron chi connectivity index (χ3n) is 4.62. The summed E-state index contributed by atoms with van der Waals surface area (Å²) >= 11 is 1.18. The Bertz CT molecular complexity index is 1310. The molecule has 10 heteroatoms. The summed E-state index contributed by atoms with van der Waals surface area (Å²) in [5, 5.41) is 8.66. The van der Waals surface area contributed by atoms with Gasteiger partial charge in [-0.2, -0.15) is 0 Å². The van der Waals surface area contributed by atoms with E-state index >= 15 is 0 Å². The van der Waals surface area contributed by atoms with Gasteiger partial charge in [-0.25, -0.2) is 9.78 Å². The monoisotopic (exact) mass is 437 g/mol. The van der Waals surface area contributed by atoms with Crippen LogP contribution in [0.1, 0.15) is 21.0 Å². The van der Waals surface area contributed by atoms with Crippen LogP contribution >= 0.6 is 11.3 Å². The normalized spacial score (nSPS) is 10.8. The highest BCUT2D eigenvalue weighted by Gasteiger charge is 2.19. The maximum Gasteiger partial charge on any atom is 0.319 e. The lowest BCUT2D eigenvalue weighted by Gasteiger charge is -2.08. The van der Waals surface area contributed by atoms with Gasteiger partial charge in [0.1, 0.15) is 10.6 Å². The Morgan fingerprint density at radius 2 is 1.84 bits per heavy atom. The SMILES string of the molecule is Cc1c(C(=O)Nc2ccc(NC(=O)NCc3ccco3)cc2)sc2ncn(C)c(=O)c12. The Kier molecular flexibility index (Phi) is 5.54. The third-order valence-corrected chi connectivity index (χ3v) is 5.82.